The van der Waals surface area contributed by atoms with E-state index in [1.54, 1.807) is 12.4 Å². The summed E-state index contributed by atoms with van der Waals surface area (Å²) in [7, 11) is 0. The van der Waals surface area contributed by atoms with Crippen LogP contribution in [0.25, 0.3) is 5.65 Å². The van der Waals surface area contributed by atoms with Gasteiger partial charge in [0, 0.05) is 12.5 Å². The van der Waals surface area contributed by atoms with Crippen LogP contribution in [0.1, 0.15) is 19.2 Å². The number of hydrogen-bond acceptors (Lipinski definition) is 3. The van der Waals surface area contributed by atoms with Crippen LogP contribution < -0.4 is 0 Å². The molecule has 0 aromatic carbocycles. The quantitative estimate of drug-likeness (QED) is 0.687. The lowest BCUT2D eigenvalue weighted by molar-refractivity contribution is 0.812. The second-order valence-corrected chi connectivity index (χ2v) is 3.19. The summed E-state index contributed by atoms with van der Waals surface area (Å²) in [4.78, 5) is 3.97. The van der Waals surface area contributed by atoms with Crippen LogP contribution in [0.2, 0.25) is 5.15 Å². The fraction of sp³-hybridized carbons (Fsp3) is 0.375. The van der Waals surface area contributed by atoms with Gasteiger partial charge in [-0.15, -0.1) is 10.2 Å². The van der Waals surface area contributed by atoms with Gasteiger partial charge in [0.1, 0.15) is 17.3 Å². The van der Waals surface area contributed by atoms with Crippen molar-refractivity contribution in [2.24, 2.45) is 0 Å². The lowest BCUT2D eigenvalue weighted by Crippen LogP contribution is -1.94. The van der Waals surface area contributed by atoms with Gasteiger partial charge in [-0.25, -0.2) is 4.98 Å². The third-order valence-electron chi connectivity index (χ3n) is 1.81. The van der Waals surface area contributed by atoms with Gasteiger partial charge in [-0.2, -0.15) is 0 Å². The Morgan fingerprint density at radius 3 is 3.08 bits per heavy atom. The van der Waals surface area contributed by atoms with Crippen molar-refractivity contribution in [2.45, 2.75) is 19.8 Å². The van der Waals surface area contributed by atoms with E-state index in [1.807, 2.05) is 4.40 Å². The molecule has 0 amide bonds. The van der Waals surface area contributed by atoms with E-state index in [-0.39, 0.29) is 0 Å². The van der Waals surface area contributed by atoms with E-state index < -0.39 is 0 Å². The van der Waals surface area contributed by atoms with Crippen molar-refractivity contribution in [1.82, 2.24) is 19.6 Å². The molecule has 0 saturated heterocycles. The summed E-state index contributed by atoms with van der Waals surface area (Å²) >= 11 is 5.71. The Hall–Kier alpha value is -1.16. The summed E-state index contributed by atoms with van der Waals surface area (Å²) in [5.74, 6) is 0.932. The Balaban J connectivity index is 2.55. The Labute approximate surface area is 80.6 Å². The average molecular weight is 197 g/mol. The average Bonchev–Trinajstić information content (AvgIpc) is 2.49. The van der Waals surface area contributed by atoms with Crippen LogP contribution in [0, 0.1) is 0 Å². The van der Waals surface area contributed by atoms with Gasteiger partial charge in [-0.05, 0) is 6.42 Å². The highest BCUT2D eigenvalue weighted by molar-refractivity contribution is 6.29. The van der Waals surface area contributed by atoms with Crippen LogP contribution in [0.3, 0.4) is 0 Å². The molecule has 0 unspecified atom stereocenters. The second-order valence-electron chi connectivity index (χ2n) is 2.81. The smallest absolute Gasteiger partial charge is 0.165 e. The molecular formula is C8H9ClN4. The zero-order valence-electron chi connectivity index (χ0n) is 7.24. The monoisotopic (exact) mass is 196 g/mol. The molecular weight excluding hydrogens is 188 g/mol. The lowest BCUT2D eigenvalue weighted by Gasteiger charge is -1.95. The molecule has 2 aromatic heterocycles. The van der Waals surface area contributed by atoms with E-state index in [2.05, 4.69) is 22.1 Å². The molecule has 0 spiro atoms. The van der Waals surface area contributed by atoms with E-state index in [9.17, 15) is 0 Å². The Kier molecular flexibility index (Phi) is 2.14. The minimum Gasteiger partial charge on any atom is -0.269 e. The van der Waals surface area contributed by atoms with Crippen LogP contribution in [-0.2, 0) is 6.42 Å². The van der Waals surface area contributed by atoms with Gasteiger partial charge in [0.05, 0.1) is 0 Å². The van der Waals surface area contributed by atoms with Crippen LogP contribution in [0.4, 0.5) is 0 Å². The molecule has 68 valence electrons. The molecule has 5 heteroatoms. The predicted octanol–water partition coefficient (Wildman–Crippen LogP) is 1.73. The Bertz CT molecular complexity index is 423. The van der Waals surface area contributed by atoms with Crippen molar-refractivity contribution in [3.63, 3.8) is 0 Å². The summed E-state index contributed by atoms with van der Waals surface area (Å²) in [6.07, 6.45) is 3.61. The van der Waals surface area contributed by atoms with Crippen molar-refractivity contribution >= 4 is 17.2 Å². The number of hydrogen-bond donors (Lipinski definition) is 0. The Morgan fingerprint density at radius 2 is 2.31 bits per heavy atom. The minimum atomic E-state index is 0.447. The summed E-state index contributed by atoms with van der Waals surface area (Å²) in [6.45, 7) is 2.10. The standard InChI is InChI=1S/C8H9ClN4/c1-2-3-7-11-12-8-4-6(9)10-5-13(7)8/h4-5H,2-3H2,1H3. The van der Waals surface area contributed by atoms with E-state index in [0.717, 1.165) is 24.3 Å². The van der Waals surface area contributed by atoms with Gasteiger partial charge in [0.15, 0.2) is 5.65 Å². The number of rotatable bonds is 2. The minimum absolute atomic E-state index is 0.447. The molecule has 0 fully saturated rings. The zero-order valence-corrected chi connectivity index (χ0v) is 7.99. The first-order chi connectivity index (χ1) is 6.31. The van der Waals surface area contributed by atoms with E-state index >= 15 is 0 Å². The van der Waals surface area contributed by atoms with Gasteiger partial charge in [-0.3, -0.25) is 4.40 Å². The van der Waals surface area contributed by atoms with Crippen molar-refractivity contribution < 1.29 is 0 Å². The maximum atomic E-state index is 5.71. The first-order valence-corrected chi connectivity index (χ1v) is 4.54. The molecule has 0 aliphatic rings. The normalized spacial score (nSPS) is 10.9. The molecule has 2 heterocycles. The summed E-state index contributed by atoms with van der Waals surface area (Å²) in [6, 6.07) is 1.70. The second kappa shape index (κ2) is 3.30. The van der Waals surface area contributed by atoms with Crippen LogP contribution >= 0.6 is 11.6 Å². The first-order valence-electron chi connectivity index (χ1n) is 4.16. The fourth-order valence-electron chi connectivity index (χ4n) is 1.21. The molecule has 0 N–H and O–H groups in total. The first kappa shape index (κ1) is 8.44. The lowest BCUT2D eigenvalue weighted by atomic mass is 10.3. The van der Waals surface area contributed by atoms with Gasteiger partial charge in [-0.1, -0.05) is 18.5 Å². The van der Waals surface area contributed by atoms with Gasteiger partial charge >= 0.3 is 0 Å². The molecule has 0 bridgehead atoms. The Morgan fingerprint density at radius 1 is 1.46 bits per heavy atom. The van der Waals surface area contributed by atoms with E-state index in [0.29, 0.717) is 5.15 Å². The van der Waals surface area contributed by atoms with Gasteiger partial charge in [0.2, 0.25) is 0 Å². The molecule has 4 nitrogen and oxygen atoms in total. The SMILES string of the molecule is CCCc1nnc2cc(Cl)ncn12. The molecule has 13 heavy (non-hydrogen) atoms. The van der Waals surface area contributed by atoms with Crippen molar-refractivity contribution in [3.8, 4) is 0 Å². The molecule has 0 saturated carbocycles. The van der Waals surface area contributed by atoms with Crippen molar-refractivity contribution in [3.05, 3.63) is 23.4 Å². The number of aromatic nitrogens is 4. The number of fused-ring (bicyclic) bond motifs is 1. The topological polar surface area (TPSA) is 43.1 Å². The highest BCUT2D eigenvalue weighted by atomic mass is 35.5. The van der Waals surface area contributed by atoms with Crippen LogP contribution in [-0.4, -0.2) is 19.6 Å². The molecule has 0 atom stereocenters. The molecule has 2 aromatic rings. The van der Waals surface area contributed by atoms with E-state index in [4.69, 9.17) is 11.6 Å². The third kappa shape index (κ3) is 1.49. The zero-order chi connectivity index (χ0) is 9.26. The molecule has 0 radical (unpaired) electrons. The molecule has 0 aliphatic heterocycles. The van der Waals surface area contributed by atoms with E-state index in [1.165, 1.54) is 0 Å². The fourth-order valence-corrected chi connectivity index (χ4v) is 1.35. The highest BCUT2D eigenvalue weighted by Gasteiger charge is 2.04. The third-order valence-corrected chi connectivity index (χ3v) is 2.02. The number of halogens is 1. The molecule has 2 rings (SSSR count). The van der Waals surface area contributed by atoms with Crippen LogP contribution in [0.15, 0.2) is 12.4 Å². The number of aryl methyl sites for hydroxylation is 1. The van der Waals surface area contributed by atoms with Crippen LogP contribution in [0.5, 0.6) is 0 Å². The largest absolute Gasteiger partial charge is 0.269 e. The summed E-state index contributed by atoms with van der Waals surface area (Å²) in [5.41, 5.74) is 0.753. The number of nitrogens with zero attached hydrogens (tertiary/aromatic N) is 4. The van der Waals surface area contributed by atoms with Gasteiger partial charge < -0.3 is 0 Å². The molecule has 0 aliphatic carbocycles. The predicted molar refractivity (Wildman–Crippen MR) is 49.8 cm³/mol. The highest BCUT2D eigenvalue weighted by Crippen LogP contribution is 2.09. The maximum Gasteiger partial charge on any atom is 0.165 e. The van der Waals surface area contributed by atoms with Gasteiger partial charge in [0.25, 0.3) is 0 Å². The summed E-state index contributed by atoms with van der Waals surface area (Å²) < 4.78 is 1.86. The van der Waals surface area contributed by atoms with Crippen molar-refractivity contribution in [1.29, 1.82) is 0 Å². The van der Waals surface area contributed by atoms with Crippen molar-refractivity contribution in [2.75, 3.05) is 0 Å². The summed E-state index contributed by atoms with van der Waals surface area (Å²) in [5, 5.41) is 8.47. The maximum absolute atomic E-state index is 5.71.